The molecule has 1 aliphatic heterocycles. The number of hydrogen-bond acceptors (Lipinski definition) is 4. The highest BCUT2D eigenvalue weighted by Crippen LogP contribution is 2.19. The molecule has 6 heteroatoms. The Labute approximate surface area is 163 Å². The van der Waals surface area contributed by atoms with E-state index in [9.17, 15) is 9.59 Å². The molecule has 1 aliphatic rings. The van der Waals surface area contributed by atoms with E-state index < -0.39 is 0 Å². The van der Waals surface area contributed by atoms with Crippen LogP contribution in [0.3, 0.4) is 0 Å². The van der Waals surface area contributed by atoms with Crippen molar-refractivity contribution in [3.63, 3.8) is 0 Å². The van der Waals surface area contributed by atoms with Gasteiger partial charge in [0.2, 0.25) is 11.8 Å². The van der Waals surface area contributed by atoms with E-state index in [1.54, 1.807) is 0 Å². The number of anilines is 1. The number of rotatable bonds is 8. The van der Waals surface area contributed by atoms with Gasteiger partial charge in [0.05, 0.1) is 13.1 Å². The number of carbonyl (C=O) groups is 2. The van der Waals surface area contributed by atoms with E-state index in [1.807, 2.05) is 39.0 Å². The van der Waals surface area contributed by atoms with Crippen molar-refractivity contribution in [2.24, 2.45) is 0 Å². The molecule has 0 bridgehead atoms. The number of piperazine rings is 1. The first-order valence-corrected chi connectivity index (χ1v) is 9.99. The Morgan fingerprint density at radius 1 is 1.00 bits per heavy atom. The van der Waals surface area contributed by atoms with Gasteiger partial charge in [0, 0.05) is 37.9 Å². The molecule has 2 N–H and O–H groups in total. The molecule has 27 heavy (non-hydrogen) atoms. The van der Waals surface area contributed by atoms with Crippen LogP contribution in [0.15, 0.2) is 18.2 Å². The maximum atomic E-state index is 12.4. The molecule has 150 valence electrons. The maximum absolute atomic E-state index is 12.4. The Kier molecular flexibility index (Phi) is 8.25. The highest BCUT2D eigenvalue weighted by atomic mass is 16.2. The molecule has 2 rings (SSSR count). The van der Waals surface area contributed by atoms with Crippen LogP contribution in [-0.2, 0) is 9.59 Å². The summed E-state index contributed by atoms with van der Waals surface area (Å²) < 4.78 is 0. The van der Waals surface area contributed by atoms with Crippen LogP contribution in [0, 0.1) is 13.8 Å². The second-order valence-corrected chi connectivity index (χ2v) is 7.62. The molecule has 0 saturated carbocycles. The lowest BCUT2D eigenvalue weighted by Crippen LogP contribution is -2.51. The first-order chi connectivity index (χ1) is 12.9. The second kappa shape index (κ2) is 10.4. The zero-order valence-electron chi connectivity index (χ0n) is 17.2. The van der Waals surface area contributed by atoms with Gasteiger partial charge in [-0.15, -0.1) is 0 Å². The first-order valence-electron chi connectivity index (χ1n) is 9.99. The lowest BCUT2D eigenvalue weighted by atomic mass is 10.1. The molecule has 0 radical (unpaired) electrons. The average Bonchev–Trinajstić information content (AvgIpc) is 2.60. The van der Waals surface area contributed by atoms with Gasteiger partial charge in [-0.2, -0.15) is 0 Å². The third kappa shape index (κ3) is 6.96. The van der Waals surface area contributed by atoms with E-state index in [4.69, 9.17) is 0 Å². The molecule has 0 aromatic heterocycles. The molecule has 0 unspecified atom stereocenters. The zero-order chi connectivity index (χ0) is 19.8. The van der Waals surface area contributed by atoms with Crippen LogP contribution in [0.5, 0.6) is 0 Å². The SMILES string of the molecule is CCC[C@H](C)NC(=O)CN1CCN(CC(=O)Nc2c(C)cccc2C)CC1. The van der Waals surface area contributed by atoms with Gasteiger partial charge in [0.15, 0.2) is 0 Å². The predicted octanol–water partition coefficient (Wildman–Crippen LogP) is 2.16. The van der Waals surface area contributed by atoms with Crippen LogP contribution in [0.1, 0.15) is 37.8 Å². The number of benzene rings is 1. The fourth-order valence-corrected chi connectivity index (χ4v) is 3.53. The molecule has 1 saturated heterocycles. The van der Waals surface area contributed by atoms with E-state index in [0.29, 0.717) is 13.1 Å². The molecular weight excluding hydrogens is 340 g/mol. The summed E-state index contributed by atoms with van der Waals surface area (Å²) in [4.78, 5) is 28.8. The van der Waals surface area contributed by atoms with Gasteiger partial charge in [-0.05, 0) is 38.3 Å². The Balaban J connectivity index is 1.72. The Hall–Kier alpha value is -1.92. The van der Waals surface area contributed by atoms with E-state index in [2.05, 4.69) is 27.4 Å². The third-order valence-electron chi connectivity index (χ3n) is 5.07. The third-order valence-corrected chi connectivity index (χ3v) is 5.07. The van der Waals surface area contributed by atoms with Crippen LogP contribution in [0.2, 0.25) is 0 Å². The number of nitrogens with one attached hydrogen (secondary N) is 2. The van der Waals surface area contributed by atoms with Crippen molar-refractivity contribution in [2.75, 3.05) is 44.6 Å². The van der Waals surface area contributed by atoms with E-state index in [1.165, 1.54) is 0 Å². The standard InChI is InChI=1S/C21H34N4O2/c1-5-7-18(4)22-19(26)14-24-10-12-25(13-11-24)15-20(27)23-21-16(2)8-6-9-17(21)3/h6,8-9,18H,5,7,10-15H2,1-4H3,(H,22,26)(H,23,27)/t18-/m0/s1. The van der Waals surface area contributed by atoms with Crippen molar-refractivity contribution in [2.45, 2.75) is 46.6 Å². The van der Waals surface area contributed by atoms with Gasteiger partial charge in [-0.1, -0.05) is 31.5 Å². The predicted molar refractivity (Wildman–Crippen MR) is 110 cm³/mol. The number of aryl methyl sites for hydroxylation is 2. The van der Waals surface area contributed by atoms with Gasteiger partial charge in [-0.25, -0.2) is 0 Å². The molecule has 1 heterocycles. The Morgan fingerprint density at radius 3 is 2.04 bits per heavy atom. The van der Waals surface area contributed by atoms with Crippen molar-refractivity contribution in [1.29, 1.82) is 0 Å². The summed E-state index contributed by atoms with van der Waals surface area (Å²) in [6.45, 7) is 12.3. The Morgan fingerprint density at radius 2 is 1.52 bits per heavy atom. The van der Waals surface area contributed by atoms with Gasteiger partial charge < -0.3 is 10.6 Å². The summed E-state index contributed by atoms with van der Waals surface area (Å²) >= 11 is 0. The number of carbonyl (C=O) groups excluding carboxylic acids is 2. The van der Waals surface area contributed by atoms with E-state index in [-0.39, 0.29) is 17.9 Å². The molecule has 1 aromatic rings. The monoisotopic (exact) mass is 374 g/mol. The largest absolute Gasteiger partial charge is 0.353 e. The maximum Gasteiger partial charge on any atom is 0.238 e. The number of hydrogen-bond donors (Lipinski definition) is 2. The summed E-state index contributed by atoms with van der Waals surface area (Å²) in [5.41, 5.74) is 3.08. The summed E-state index contributed by atoms with van der Waals surface area (Å²) in [6, 6.07) is 6.25. The fourth-order valence-electron chi connectivity index (χ4n) is 3.53. The van der Waals surface area contributed by atoms with Gasteiger partial charge in [0.1, 0.15) is 0 Å². The minimum atomic E-state index is 0.0204. The van der Waals surface area contributed by atoms with Crippen molar-refractivity contribution >= 4 is 17.5 Å². The van der Waals surface area contributed by atoms with Gasteiger partial charge >= 0.3 is 0 Å². The molecule has 0 spiro atoms. The molecule has 6 nitrogen and oxygen atoms in total. The minimum Gasteiger partial charge on any atom is -0.353 e. The lowest BCUT2D eigenvalue weighted by molar-refractivity contribution is -0.124. The van der Waals surface area contributed by atoms with Gasteiger partial charge in [0.25, 0.3) is 0 Å². The lowest BCUT2D eigenvalue weighted by Gasteiger charge is -2.34. The molecule has 1 aromatic carbocycles. The smallest absolute Gasteiger partial charge is 0.238 e. The van der Waals surface area contributed by atoms with Crippen molar-refractivity contribution in [3.8, 4) is 0 Å². The quantitative estimate of drug-likeness (QED) is 0.732. The normalized spacial score (nSPS) is 16.7. The summed E-state index contributed by atoms with van der Waals surface area (Å²) in [6.07, 6.45) is 2.08. The molecule has 2 amide bonds. The Bertz CT molecular complexity index is 619. The van der Waals surface area contributed by atoms with Crippen LogP contribution >= 0.6 is 0 Å². The second-order valence-electron chi connectivity index (χ2n) is 7.62. The van der Waals surface area contributed by atoms with E-state index >= 15 is 0 Å². The number of amides is 2. The molecular formula is C21H34N4O2. The summed E-state index contributed by atoms with van der Waals surface area (Å²) in [7, 11) is 0. The number of para-hydroxylation sites is 1. The zero-order valence-corrected chi connectivity index (χ0v) is 17.2. The van der Waals surface area contributed by atoms with Crippen molar-refractivity contribution in [1.82, 2.24) is 15.1 Å². The topological polar surface area (TPSA) is 64.7 Å². The molecule has 1 fully saturated rings. The van der Waals surface area contributed by atoms with Crippen molar-refractivity contribution < 1.29 is 9.59 Å². The van der Waals surface area contributed by atoms with E-state index in [0.717, 1.165) is 55.8 Å². The van der Waals surface area contributed by atoms with Crippen LogP contribution in [0.4, 0.5) is 5.69 Å². The summed E-state index contributed by atoms with van der Waals surface area (Å²) in [5, 5.41) is 6.10. The highest BCUT2D eigenvalue weighted by Gasteiger charge is 2.21. The molecule has 0 aliphatic carbocycles. The molecule has 1 atom stereocenters. The van der Waals surface area contributed by atoms with Crippen LogP contribution < -0.4 is 10.6 Å². The average molecular weight is 375 g/mol. The first kappa shape index (κ1) is 21.4. The minimum absolute atomic E-state index is 0.0204. The fraction of sp³-hybridized carbons (Fsp3) is 0.619. The number of nitrogens with zero attached hydrogens (tertiary/aromatic N) is 2. The van der Waals surface area contributed by atoms with Crippen molar-refractivity contribution in [3.05, 3.63) is 29.3 Å². The summed E-state index contributed by atoms with van der Waals surface area (Å²) in [5.74, 6) is 0.115. The highest BCUT2D eigenvalue weighted by molar-refractivity contribution is 5.93. The van der Waals surface area contributed by atoms with Gasteiger partial charge in [-0.3, -0.25) is 19.4 Å². The van der Waals surface area contributed by atoms with Crippen LogP contribution in [-0.4, -0.2) is 66.9 Å². The van der Waals surface area contributed by atoms with Crippen LogP contribution in [0.25, 0.3) is 0 Å².